The van der Waals surface area contributed by atoms with Crippen LogP contribution in [0.3, 0.4) is 0 Å². The largest absolute Gasteiger partial charge is 0.356 e. The molecule has 0 aromatic carbocycles. The monoisotopic (exact) mass is 478 g/mol. The lowest BCUT2D eigenvalue weighted by Crippen LogP contribution is -2.19. The standard InChI is InChI=1S/C21H30N6OS3/c1-15-17(13-29-14-19-23-10-11-30-19)20(28)27-21(25-15)24-9-4-3-6-16-12-31-18(26-16)7-5-8-22-2/h10-12,22H,3-9,13-14H2,1-2H3,(H2,24,25,27,28). The number of unbranched alkanes of at least 4 members (excludes halogenated alkanes) is 1. The number of H-pyrrole nitrogens is 1. The van der Waals surface area contributed by atoms with Gasteiger partial charge in [-0.15, -0.1) is 34.4 Å². The van der Waals surface area contributed by atoms with Gasteiger partial charge in [0.2, 0.25) is 5.95 Å². The highest BCUT2D eigenvalue weighted by Gasteiger charge is 2.09. The van der Waals surface area contributed by atoms with Gasteiger partial charge in [0.05, 0.1) is 16.4 Å². The first-order chi connectivity index (χ1) is 15.2. The van der Waals surface area contributed by atoms with Crippen LogP contribution in [0, 0.1) is 6.92 Å². The first-order valence-electron chi connectivity index (χ1n) is 10.5. The van der Waals surface area contributed by atoms with Crippen LogP contribution in [-0.4, -0.2) is 40.1 Å². The molecule has 31 heavy (non-hydrogen) atoms. The minimum atomic E-state index is -0.0603. The molecule has 0 amide bonds. The Morgan fingerprint density at radius 3 is 2.74 bits per heavy atom. The van der Waals surface area contributed by atoms with Crippen molar-refractivity contribution >= 4 is 40.4 Å². The van der Waals surface area contributed by atoms with Crippen molar-refractivity contribution in [2.24, 2.45) is 0 Å². The third-order valence-electron chi connectivity index (χ3n) is 4.75. The molecule has 0 saturated carbocycles. The first-order valence-corrected chi connectivity index (χ1v) is 13.4. The number of hydrogen-bond acceptors (Lipinski definition) is 9. The van der Waals surface area contributed by atoms with Crippen molar-refractivity contribution in [3.8, 4) is 0 Å². The highest BCUT2D eigenvalue weighted by atomic mass is 32.2. The van der Waals surface area contributed by atoms with Crippen LogP contribution >= 0.6 is 34.4 Å². The summed E-state index contributed by atoms with van der Waals surface area (Å²) in [4.78, 5) is 28.9. The topological polar surface area (TPSA) is 95.6 Å². The fourth-order valence-corrected chi connectivity index (χ4v) is 5.75. The number of nitrogens with zero attached hydrogens (tertiary/aromatic N) is 3. The maximum Gasteiger partial charge on any atom is 0.256 e. The third-order valence-corrected chi connectivity index (χ3v) is 7.64. The van der Waals surface area contributed by atoms with Crippen LogP contribution < -0.4 is 16.2 Å². The molecule has 0 unspecified atom stereocenters. The number of aromatic amines is 1. The second kappa shape index (κ2) is 12.9. The van der Waals surface area contributed by atoms with E-state index in [-0.39, 0.29) is 5.56 Å². The molecule has 0 fully saturated rings. The zero-order chi connectivity index (χ0) is 21.9. The SMILES string of the molecule is CNCCCc1nc(CCCCNc2nc(C)c(CSCc3nccs3)c(=O)[nH]2)cs1. The molecule has 7 nitrogen and oxygen atoms in total. The molecule has 0 atom stereocenters. The molecule has 0 spiro atoms. The number of thiazole rings is 2. The summed E-state index contributed by atoms with van der Waals surface area (Å²) in [5.74, 6) is 2.00. The van der Waals surface area contributed by atoms with Gasteiger partial charge in [-0.2, -0.15) is 0 Å². The predicted molar refractivity (Wildman–Crippen MR) is 132 cm³/mol. The minimum Gasteiger partial charge on any atom is -0.356 e. The van der Waals surface area contributed by atoms with Crippen molar-refractivity contribution in [3.63, 3.8) is 0 Å². The van der Waals surface area contributed by atoms with E-state index in [1.807, 2.05) is 19.4 Å². The van der Waals surface area contributed by atoms with Gasteiger partial charge < -0.3 is 10.6 Å². The second-order valence-electron chi connectivity index (χ2n) is 7.22. The van der Waals surface area contributed by atoms with Crippen LogP contribution in [0.25, 0.3) is 0 Å². The molecule has 0 aliphatic rings. The van der Waals surface area contributed by atoms with Gasteiger partial charge in [0.1, 0.15) is 5.01 Å². The molecule has 0 aliphatic heterocycles. The van der Waals surface area contributed by atoms with Gasteiger partial charge in [-0.3, -0.25) is 9.78 Å². The fourth-order valence-electron chi connectivity index (χ4n) is 3.06. The van der Waals surface area contributed by atoms with Crippen LogP contribution in [0.2, 0.25) is 0 Å². The maximum absolute atomic E-state index is 12.5. The van der Waals surface area contributed by atoms with E-state index in [4.69, 9.17) is 4.98 Å². The molecule has 3 rings (SSSR count). The molecule has 3 heterocycles. The number of nitrogens with one attached hydrogen (secondary N) is 3. The van der Waals surface area contributed by atoms with E-state index < -0.39 is 0 Å². The van der Waals surface area contributed by atoms with Crippen molar-refractivity contribution in [2.45, 2.75) is 50.5 Å². The zero-order valence-electron chi connectivity index (χ0n) is 18.1. The van der Waals surface area contributed by atoms with Gasteiger partial charge in [-0.25, -0.2) is 15.0 Å². The normalized spacial score (nSPS) is 11.2. The average molecular weight is 479 g/mol. The summed E-state index contributed by atoms with van der Waals surface area (Å²) in [7, 11) is 1.98. The lowest BCUT2D eigenvalue weighted by atomic mass is 10.2. The highest BCUT2D eigenvalue weighted by Crippen LogP contribution is 2.19. The van der Waals surface area contributed by atoms with Gasteiger partial charge in [0.25, 0.3) is 5.56 Å². The molecule has 3 aromatic rings. The number of hydrogen-bond donors (Lipinski definition) is 3. The summed E-state index contributed by atoms with van der Waals surface area (Å²) in [6.45, 7) is 3.71. The van der Waals surface area contributed by atoms with Crippen molar-refractivity contribution in [3.05, 3.63) is 54.3 Å². The number of thioether (sulfide) groups is 1. The smallest absolute Gasteiger partial charge is 0.256 e. The summed E-state index contributed by atoms with van der Waals surface area (Å²) in [5, 5.41) is 12.9. The Bertz CT molecular complexity index is 970. The van der Waals surface area contributed by atoms with E-state index in [0.29, 0.717) is 11.7 Å². The molecule has 0 radical (unpaired) electrons. The van der Waals surface area contributed by atoms with Gasteiger partial charge in [-0.1, -0.05) is 0 Å². The summed E-state index contributed by atoms with van der Waals surface area (Å²) in [5.41, 5.74) is 2.65. The predicted octanol–water partition coefficient (Wildman–Crippen LogP) is 4.01. The Morgan fingerprint density at radius 1 is 1.06 bits per heavy atom. The number of aryl methyl sites for hydroxylation is 3. The molecular weight excluding hydrogens is 448 g/mol. The molecule has 3 N–H and O–H groups in total. The quantitative estimate of drug-likeness (QED) is 0.301. The van der Waals surface area contributed by atoms with E-state index in [9.17, 15) is 4.79 Å². The third kappa shape index (κ3) is 8.03. The molecule has 0 bridgehead atoms. The minimum absolute atomic E-state index is 0.0603. The first kappa shape index (κ1) is 23.9. The van der Waals surface area contributed by atoms with E-state index in [0.717, 1.165) is 67.2 Å². The fraction of sp³-hybridized carbons (Fsp3) is 0.524. The lowest BCUT2D eigenvalue weighted by molar-refractivity contribution is 0.715. The molecular formula is C21H30N6OS3. The Hall–Kier alpha value is -1.75. The summed E-state index contributed by atoms with van der Waals surface area (Å²) >= 11 is 5.08. The summed E-state index contributed by atoms with van der Waals surface area (Å²) in [6, 6.07) is 0. The van der Waals surface area contributed by atoms with Crippen molar-refractivity contribution in [1.82, 2.24) is 25.3 Å². The molecule has 0 saturated heterocycles. The van der Waals surface area contributed by atoms with E-state index in [1.165, 1.54) is 10.7 Å². The number of anilines is 1. The van der Waals surface area contributed by atoms with Gasteiger partial charge in [0, 0.05) is 47.0 Å². The van der Waals surface area contributed by atoms with Crippen molar-refractivity contribution in [2.75, 3.05) is 25.5 Å². The van der Waals surface area contributed by atoms with E-state index >= 15 is 0 Å². The Balaban J connectivity index is 1.37. The molecule has 3 aromatic heterocycles. The summed E-state index contributed by atoms with van der Waals surface area (Å²) < 4.78 is 0. The van der Waals surface area contributed by atoms with Crippen LogP contribution in [-0.2, 0) is 24.3 Å². The van der Waals surface area contributed by atoms with Gasteiger partial charge in [-0.05, 0) is 46.2 Å². The lowest BCUT2D eigenvalue weighted by Gasteiger charge is -2.09. The average Bonchev–Trinajstić information content (AvgIpc) is 3.42. The molecule has 168 valence electrons. The van der Waals surface area contributed by atoms with E-state index in [2.05, 4.69) is 31.0 Å². The van der Waals surface area contributed by atoms with Crippen LogP contribution in [0.15, 0.2) is 21.8 Å². The van der Waals surface area contributed by atoms with Gasteiger partial charge in [0.15, 0.2) is 0 Å². The number of rotatable bonds is 14. The Kier molecular flexibility index (Phi) is 9.98. The highest BCUT2D eigenvalue weighted by molar-refractivity contribution is 7.97. The van der Waals surface area contributed by atoms with Crippen molar-refractivity contribution < 1.29 is 0 Å². The Morgan fingerprint density at radius 2 is 1.97 bits per heavy atom. The second-order valence-corrected chi connectivity index (χ2v) is 10.1. The van der Waals surface area contributed by atoms with Crippen molar-refractivity contribution in [1.29, 1.82) is 0 Å². The Labute approximate surface area is 195 Å². The molecule has 10 heteroatoms. The number of aromatic nitrogens is 4. The van der Waals surface area contributed by atoms with Crippen LogP contribution in [0.1, 0.15) is 46.2 Å². The van der Waals surface area contributed by atoms with E-state index in [1.54, 1.807) is 40.6 Å². The summed E-state index contributed by atoms with van der Waals surface area (Å²) in [6.07, 6.45) is 7.03. The van der Waals surface area contributed by atoms with Crippen LogP contribution in [0.5, 0.6) is 0 Å². The van der Waals surface area contributed by atoms with Gasteiger partial charge >= 0.3 is 0 Å². The maximum atomic E-state index is 12.5. The zero-order valence-corrected chi connectivity index (χ0v) is 20.5. The van der Waals surface area contributed by atoms with Crippen LogP contribution in [0.4, 0.5) is 5.95 Å². The molecule has 0 aliphatic carbocycles.